The number of hydrogen-bond donors (Lipinski definition) is 3. The zero-order valence-corrected chi connectivity index (χ0v) is 25.2. The van der Waals surface area contributed by atoms with Crippen molar-refractivity contribution in [2.24, 2.45) is 5.73 Å². The third-order valence-electron chi connectivity index (χ3n) is 7.52. The molecule has 1 aliphatic rings. The number of anilines is 6. The Kier molecular flexibility index (Phi) is 8.28. The van der Waals surface area contributed by atoms with Crippen LogP contribution in [0.3, 0.4) is 0 Å². The molecule has 12 heteroatoms. The molecule has 0 spiro atoms. The lowest BCUT2D eigenvalue weighted by atomic mass is 10.0. The van der Waals surface area contributed by atoms with Crippen LogP contribution in [0.1, 0.15) is 37.8 Å². The van der Waals surface area contributed by atoms with Gasteiger partial charge in [0, 0.05) is 61.7 Å². The molecule has 1 saturated heterocycles. The van der Waals surface area contributed by atoms with Gasteiger partial charge in [-0.3, -0.25) is 14.3 Å². The molecule has 0 aliphatic carbocycles. The Morgan fingerprint density at radius 1 is 1.12 bits per heavy atom. The Bertz CT molecular complexity index is 1730. The van der Waals surface area contributed by atoms with Gasteiger partial charge in [-0.2, -0.15) is 4.98 Å². The van der Waals surface area contributed by atoms with Gasteiger partial charge in [-0.15, -0.1) is 0 Å². The molecule has 0 atom stereocenters. The Hall–Kier alpha value is -4.29. The molecule has 2 aromatic heterocycles. The minimum absolute atomic E-state index is 0.278. The zero-order valence-electron chi connectivity index (χ0n) is 24.4. The Morgan fingerprint density at radius 2 is 1.86 bits per heavy atom. The van der Waals surface area contributed by atoms with E-state index in [0.29, 0.717) is 39.7 Å². The normalized spacial score (nSPS) is 14.2. The minimum Gasteiger partial charge on any atom is -0.371 e. The number of nitrogens with one attached hydrogen (secondary N) is 2. The lowest BCUT2D eigenvalue weighted by molar-refractivity contribution is 0.500. The third kappa shape index (κ3) is 6.14. The highest BCUT2D eigenvalue weighted by Crippen LogP contribution is 2.37. The number of nitrogens with zero attached hydrogens (tertiary/aromatic N) is 6. The standard InChI is InChI=1S/C30H37N9O2S/c1-6-20-17-22(7-10-26(20)39-15-11-21(31)12-16-39)35-30-34-18-23(19(2)3)29(37-30)36-25-9-8-24-27(33-14-13-32-24)28(25)38(4)42(5,40)41/h7-10,13-14,17-18,21H,2,6,11-12,15-16,31H2,1,3-5H3,(H2,34,35,36,37). The number of aromatic nitrogens is 4. The fourth-order valence-corrected chi connectivity index (χ4v) is 5.63. The van der Waals surface area contributed by atoms with Crippen molar-refractivity contribution in [3.05, 3.63) is 66.6 Å². The quantitative estimate of drug-likeness (QED) is 0.249. The van der Waals surface area contributed by atoms with E-state index >= 15 is 0 Å². The molecule has 42 heavy (non-hydrogen) atoms. The summed E-state index contributed by atoms with van der Waals surface area (Å²) in [6.45, 7) is 10.0. The van der Waals surface area contributed by atoms with Crippen LogP contribution in [0.4, 0.5) is 34.5 Å². The van der Waals surface area contributed by atoms with E-state index in [0.717, 1.165) is 49.9 Å². The second kappa shape index (κ2) is 11.9. The summed E-state index contributed by atoms with van der Waals surface area (Å²) in [5.41, 5.74) is 12.8. The number of piperidine rings is 1. The van der Waals surface area contributed by atoms with E-state index in [1.165, 1.54) is 28.8 Å². The van der Waals surface area contributed by atoms with Crippen molar-refractivity contribution < 1.29 is 8.42 Å². The van der Waals surface area contributed by atoms with Crippen LogP contribution in [0.15, 0.2) is 55.5 Å². The highest BCUT2D eigenvalue weighted by molar-refractivity contribution is 7.92. The maximum Gasteiger partial charge on any atom is 0.232 e. The van der Waals surface area contributed by atoms with Gasteiger partial charge < -0.3 is 21.3 Å². The molecule has 2 aromatic carbocycles. The average Bonchev–Trinajstić information content (AvgIpc) is 2.96. The summed E-state index contributed by atoms with van der Waals surface area (Å²) in [7, 11) is -2.12. The number of sulfonamides is 1. The highest BCUT2D eigenvalue weighted by atomic mass is 32.2. The van der Waals surface area contributed by atoms with E-state index < -0.39 is 10.0 Å². The van der Waals surface area contributed by atoms with Crippen LogP contribution in [0.2, 0.25) is 0 Å². The largest absolute Gasteiger partial charge is 0.371 e. The van der Waals surface area contributed by atoms with Crippen LogP contribution in [-0.2, 0) is 16.4 Å². The number of allylic oxidation sites excluding steroid dienone is 1. The van der Waals surface area contributed by atoms with Crippen molar-refractivity contribution in [1.29, 1.82) is 0 Å². The number of nitrogens with two attached hydrogens (primary N) is 1. The monoisotopic (exact) mass is 587 g/mol. The average molecular weight is 588 g/mol. The van der Waals surface area contributed by atoms with Gasteiger partial charge in [0.1, 0.15) is 17.0 Å². The molecule has 0 saturated carbocycles. The lowest BCUT2D eigenvalue weighted by Crippen LogP contribution is -2.40. The van der Waals surface area contributed by atoms with Crippen LogP contribution in [0.5, 0.6) is 0 Å². The lowest BCUT2D eigenvalue weighted by Gasteiger charge is -2.33. The van der Waals surface area contributed by atoms with Crippen LogP contribution < -0.4 is 25.6 Å². The Labute approximate surface area is 247 Å². The molecular formula is C30H37N9O2S. The molecule has 0 amide bonds. The number of aryl methyl sites for hydroxylation is 1. The van der Waals surface area contributed by atoms with E-state index in [1.54, 1.807) is 24.5 Å². The summed E-state index contributed by atoms with van der Waals surface area (Å²) < 4.78 is 26.4. The molecule has 4 aromatic rings. The molecule has 1 fully saturated rings. The van der Waals surface area contributed by atoms with Gasteiger partial charge in [-0.1, -0.05) is 13.5 Å². The summed E-state index contributed by atoms with van der Waals surface area (Å²) in [4.78, 5) is 20.5. The summed E-state index contributed by atoms with van der Waals surface area (Å²) >= 11 is 0. The first-order chi connectivity index (χ1) is 20.0. The van der Waals surface area contributed by atoms with Crippen molar-refractivity contribution in [3.8, 4) is 0 Å². The molecule has 4 N–H and O–H groups in total. The fraction of sp³-hybridized carbons (Fsp3) is 0.333. The molecule has 1 aliphatic heterocycles. The molecule has 5 rings (SSSR count). The summed E-state index contributed by atoms with van der Waals surface area (Å²) in [6.07, 6.45) is 8.83. The first-order valence-electron chi connectivity index (χ1n) is 13.9. The van der Waals surface area contributed by atoms with Crippen molar-refractivity contribution in [2.45, 2.75) is 39.2 Å². The Balaban J connectivity index is 1.49. The molecule has 0 bridgehead atoms. The van der Waals surface area contributed by atoms with Crippen molar-refractivity contribution >= 4 is 61.1 Å². The number of hydrogen-bond acceptors (Lipinski definition) is 10. The van der Waals surface area contributed by atoms with Crippen LogP contribution >= 0.6 is 0 Å². The summed E-state index contributed by atoms with van der Waals surface area (Å²) in [6, 6.07) is 10.1. The number of benzene rings is 2. The van der Waals surface area contributed by atoms with Crippen LogP contribution in [0.25, 0.3) is 16.6 Å². The summed E-state index contributed by atoms with van der Waals surface area (Å²) in [5, 5.41) is 6.67. The van der Waals surface area contributed by atoms with E-state index in [2.05, 4.69) is 56.1 Å². The van der Waals surface area contributed by atoms with E-state index in [-0.39, 0.29) is 6.04 Å². The molecule has 220 valence electrons. The number of fused-ring (bicyclic) bond motifs is 1. The molecule has 0 radical (unpaired) electrons. The first kappa shape index (κ1) is 29.2. The predicted octanol–water partition coefficient (Wildman–Crippen LogP) is 4.83. The van der Waals surface area contributed by atoms with Gasteiger partial charge in [-0.25, -0.2) is 13.4 Å². The minimum atomic E-state index is -3.61. The van der Waals surface area contributed by atoms with Gasteiger partial charge in [0.25, 0.3) is 0 Å². The maximum absolute atomic E-state index is 12.6. The van der Waals surface area contributed by atoms with Crippen molar-refractivity contribution in [3.63, 3.8) is 0 Å². The van der Waals surface area contributed by atoms with Crippen molar-refractivity contribution in [2.75, 3.05) is 46.2 Å². The SMILES string of the molecule is C=C(C)c1cnc(Nc2ccc(N3CCC(N)CC3)c(CC)c2)nc1Nc1ccc2nccnc2c1N(C)S(C)(=O)=O. The highest BCUT2D eigenvalue weighted by Gasteiger charge is 2.22. The number of rotatable bonds is 9. The van der Waals surface area contributed by atoms with E-state index in [1.807, 2.05) is 13.0 Å². The molecule has 11 nitrogen and oxygen atoms in total. The predicted molar refractivity (Wildman–Crippen MR) is 171 cm³/mol. The molecular weight excluding hydrogens is 550 g/mol. The van der Waals surface area contributed by atoms with E-state index in [9.17, 15) is 8.42 Å². The van der Waals surface area contributed by atoms with Gasteiger partial charge in [0.15, 0.2) is 0 Å². The van der Waals surface area contributed by atoms with Gasteiger partial charge in [0.05, 0.1) is 17.5 Å². The second-order valence-electron chi connectivity index (χ2n) is 10.6. The molecule has 0 unspecified atom stereocenters. The van der Waals surface area contributed by atoms with Crippen molar-refractivity contribution in [1.82, 2.24) is 19.9 Å². The topological polar surface area (TPSA) is 142 Å². The van der Waals surface area contributed by atoms with E-state index in [4.69, 9.17) is 10.7 Å². The summed E-state index contributed by atoms with van der Waals surface area (Å²) in [5.74, 6) is 0.864. The first-order valence-corrected chi connectivity index (χ1v) is 15.8. The smallest absolute Gasteiger partial charge is 0.232 e. The fourth-order valence-electron chi connectivity index (χ4n) is 5.11. The Morgan fingerprint density at radius 3 is 2.55 bits per heavy atom. The maximum atomic E-state index is 12.6. The van der Waals surface area contributed by atoms with Crippen LogP contribution in [0, 0.1) is 0 Å². The molecule has 3 heterocycles. The second-order valence-corrected chi connectivity index (χ2v) is 12.6. The van der Waals surface area contributed by atoms with Gasteiger partial charge in [0.2, 0.25) is 16.0 Å². The third-order valence-corrected chi connectivity index (χ3v) is 8.70. The van der Waals surface area contributed by atoms with Crippen LogP contribution in [-0.4, -0.2) is 60.8 Å². The van der Waals surface area contributed by atoms with Gasteiger partial charge in [-0.05, 0) is 67.7 Å². The van der Waals surface area contributed by atoms with Gasteiger partial charge >= 0.3 is 0 Å². The zero-order chi connectivity index (χ0) is 30.0.